The molecule has 0 saturated carbocycles. The summed E-state index contributed by atoms with van der Waals surface area (Å²) in [7, 11) is 1.66. The van der Waals surface area contributed by atoms with E-state index >= 15 is 0 Å². The van der Waals surface area contributed by atoms with Crippen LogP contribution in [0.2, 0.25) is 5.02 Å². The predicted molar refractivity (Wildman–Crippen MR) is 70.7 cm³/mol. The highest BCUT2D eigenvalue weighted by Crippen LogP contribution is 2.31. The summed E-state index contributed by atoms with van der Waals surface area (Å²) in [6.45, 7) is 9.45. The normalized spacial score (nSPS) is 11.4. The fourth-order valence-electron chi connectivity index (χ4n) is 1.33. The summed E-state index contributed by atoms with van der Waals surface area (Å²) in [5, 5.41) is 4.12. The van der Waals surface area contributed by atoms with Crippen molar-refractivity contribution in [2.24, 2.45) is 5.41 Å². The van der Waals surface area contributed by atoms with Gasteiger partial charge in [-0.15, -0.1) is 0 Å². The maximum Gasteiger partial charge on any atom is 0.143 e. The molecule has 90 valence electrons. The Balaban J connectivity index is 2.90. The number of aryl methyl sites for hydroxylation is 1. The van der Waals surface area contributed by atoms with Crippen molar-refractivity contribution in [3.05, 3.63) is 22.7 Å². The average Bonchev–Trinajstić information content (AvgIpc) is 2.18. The maximum atomic E-state index is 6.05. The first-order valence-electron chi connectivity index (χ1n) is 5.41. The van der Waals surface area contributed by atoms with E-state index in [1.807, 2.05) is 19.1 Å². The molecule has 3 heteroatoms. The van der Waals surface area contributed by atoms with E-state index in [2.05, 4.69) is 26.1 Å². The summed E-state index contributed by atoms with van der Waals surface area (Å²) in [6.07, 6.45) is 0. The first kappa shape index (κ1) is 13.2. The monoisotopic (exact) mass is 241 g/mol. The Morgan fingerprint density at radius 1 is 1.31 bits per heavy atom. The van der Waals surface area contributed by atoms with Crippen molar-refractivity contribution >= 4 is 17.3 Å². The van der Waals surface area contributed by atoms with Gasteiger partial charge in [0.05, 0.1) is 12.8 Å². The highest BCUT2D eigenvalue weighted by atomic mass is 35.5. The minimum Gasteiger partial charge on any atom is -0.495 e. The number of hydrogen-bond donors (Lipinski definition) is 1. The van der Waals surface area contributed by atoms with E-state index in [9.17, 15) is 0 Å². The van der Waals surface area contributed by atoms with E-state index in [1.54, 1.807) is 7.11 Å². The van der Waals surface area contributed by atoms with Gasteiger partial charge in [0, 0.05) is 17.6 Å². The second-order valence-corrected chi connectivity index (χ2v) is 5.62. The second kappa shape index (κ2) is 4.96. The molecule has 0 aromatic heterocycles. The van der Waals surface area contributed by atoms with Crippen LogP contribution < -0.4 is 10.1 Å². The van der Waals surface area contributed by atoms with Crippen LogP contribution in [0.3, 0.4) is 0 Å². The third kappa shape index (κ3) is 3.60. The fourth-order valence-corrected chi connectivity index (χ4v) is 1.48. The molecule has 1 aromatic carbocycles. The molecule has 0 heterocycles. The molecule has 1 aromatic rings. The zero-order valence-electron chi connectivity index (χ0n) is 10.6. The minimum absolute atomic E-state index is 0.235. The van der Waals surface area contributed by atoms with Crippen LogP contribution in [-0.2, 0) is 0 Å². The highest BCUT2D eigenvalue weighted by molar-refractivity contribution is 6.31. The van der Waals surface area contributed by atoms with Crippen LogP contribution >= 0.6 is 11.6 Å². The molecule has 0 aliphatic heterocycles. The van der Waals surface area contributed by atoms with Gasteiger partial charge in [-0.2, -0.15) is 0 Å². The van der Waals surface area contributed by atoms with Crippen molar-refractivity contribution in [3.8, 4) is 5.75 Å². The average molecular weight is 242 g/mol. The van der Waals surface area contributed by atoms with Crippen molar-refractivity contribution in [3.63, 3.8) is 0 Å². The van der Waals surface area contributed by atoms with Crippen molar-refractivity contribution in [1.29, 1.82) is 0 Å². The molecule has 2 nitrogen and oxygen atoms in total. The highest BCUT2D eigenvalue weighted by Gasteiger charge is 2.12. The molecular formula is C13H20ClNO. The lowest BCUT2D eigenvalue weighted by atomic mass is 9.97. The lowest BCUT2D eigenvalue weighted by Gasteiger charge is -2.21. The van der Waals surface area contributed by atoms with E-state index in [4.69, 9.17) is 16.3 Å². The topological polar surface area (TPSA) is 21.3 Å². The van der Waals surface area contributed by atoms with E-state index in [1.165, 1.54) is 0 Å². The van der Waals surface area contributed by atoms with Gasteiger partial charge in [0.15, 0.2) is 0 Å². The molecule has 0 bridgehead atoms. The summed E-state index contributed by atoms with van der Waals surface area (Å²) in [6, 6.07) is 3.87. The molecule has 0 amide bonds. The van der Waals surface area contributed by atoms with Gasteiger partial charge in [0.1, 0.15) is 5.75 Å². The maximum absolute atomic E-state index is 6.05. The first-order chi connectivity index (χ1) is 7.33. The van der Waals surface area contributed by atoms with Crippen LogP contribution in [0.1, 0.15) is 26.3 Å². The summed E-state index contributed by atoms with van der Waals surface area (Å²) < 4.78 is 5.30. The van der Waals surface area contributed by atoms with E-state index in [-0.39, 0.29) is 5.41 Å². The Hall–Kier alpha value is -0.890. The van der Waals surface area contributed by atoms with Gasteiger partial charge in [-0.25, -0.2) is 0 Å². The Morgan fingerprint density at radius 2 is 1.94 bits per heavy atom. The minimum atomic E-state index is 0.235. The van der Waals surface area contributed by atoms with Gasteiger partial charge >= 0.3 is 0 Å². The van der Waals surface area contributed by atoms with E-state index in [0.717, 1.165) is 28.6 Å². The van der Waals surface area contributed by atoms with Gasteiger partial charge in [0.25, 0.3) is 0 Å². The van der Waals surface area contributed by atoms with Crippen LogP contribution in [0.15, 0.2) is 12.1 Å². The zero-order chi connectivity index (χ0) is 12.3. The standard InChI is InChI=1S/C13H20ClNO/c1-9-6-11(15-8-13(2,3)4)12(16-5)7-10(9)14/h6-7,15H,8H2,1-5H3. The number of methoxy groups -OCH3 is 1. The molecule has 0 fully saturated rings. The number of hydrogen-bond acceptors (Lipinski definition) is 2. The number of ether oxygens (including phenoxy) is 1. The number of nitrogens with one attached hydrogen (secondary N) is 1. The van der Waals surface area contributed by atoms with Crippen LogP contribution in [0.4, 0.5) is 5.69 Å². The molecule has 0 aliphatic rings. The molecule has 0 aliphatic carbocycles. The summed E-state index contributed by atoms with van der Waals surface area (Å²) in [5.41, 5.74) is 2.29. The number of benzene rings is 1. The van der Waals surface area contributed by atoms with Crippen LogP contribution in [0, 0.1) is 12.3 Å². The summed E-state index contributed by atoms with van der Waals surface area (Å²) in [5.74, 6) is 0.792. The van der Waals surface area contributed by atoms with Crippen molar-refractivity contribution in [1.82, 2.24) is 0 Å². The number of rotatable bonds is 3. The van der Waals surface area contributed by atoms with Crippen molar-refractivity contribution in [2.45, 2.75) is 27.7 Å². The van der Waals surface area contributed by atoms with Crippen molar-refractivity contribution < 1.29 is 4.74 Å². The Labute approximate surface area is 103 Å². The fraction of sp³-hybridized carbons (Fsp3) is 0.538. The molecule has 16 heavy (non-hydrogen) atoms. The van der Waals surface area contributed by atoms with E-state index in [0.29, 0.717) is 0 Å². The van der Waals surface area contributed by atoms with Gasteiger partial charge in [-0.1, -0.05) is 32.4 Å². The van der Waals surface area contributed by atoms with Crippen LogP contribution in [0.5, 0.6) is 5.75 Å². The Bertz CT molecular complexity index is 369. The lowest BCUT2D eigenvalue weighted by Crippen LogP contribution is -2.19. The molecule has 1 N–H and O–H groups in total. The van der Waals surface area contributed by atoms with Crippen LogP contribution in [0.25, 0.3) is 0 Å². The SMILES string of the molecule is COc1cc(Cl)c(C)cc1NCC(C)(C)C. The lowest BCUT2D eigenvalue weighted by molar-refractivity contribution is 0.412. The molecule has 0 radical (unpaired) electrons. The van der Waals surface area contributed by atoms with Gasteiger partial charge < -0.3 is 10.1 Å². The molecule has 0 atom stereocenters. The van der Waals surface area contributed by atoms with Gasteiger partial charge in [0.2, 0.25) is 0 Å². The summed E-state index contributed by atoms with van der Waals surface area (Å²) >= 11 is 6.05. The number of halogens is 1. The first-order valence-corrected chi connectivity index (χ1v) is 5.79. The predicted octanol–water partition coefficient (Wildman–Crippen LogP) is 4.12. The Kier molecular flexibility index (Phi) is 4.09. The second-order valence-electron chi connectivity index (χ2n) is 5.22. The quantitative estimate of drug-likeness (QED) is 0.860. The molecule has 0 spiro atoms. The number of anilines is 1. The third-order valence-electron chi connectivity index (χ3n) is 2.29. The zero-order valence-corrected chi connectivity index (χ0v) is 11.4. The van der Waals surface area contributed by atoms with Gasteiger partial charge in [-0.05, 0) is 24.0 Å². The molecular weight excluding hydrogens is 222 g/mol. The smallest absolute Gasteiger partial charge is 0.143 e. The van der Waals surface area contributed by atoms with Crippen molar-refractivity contribution in [2.75, 3.05) is 19.0 Å². The van der Waals surface area contributed by atoms with Gasteiger partial charge in [-0.3, -0.25) is 0 Å². The largest absolute Gasteiger partial charge is 0.495 e. The molecule has 0 saturated heterocycles. The molecule has 1 rings (SSSR count). The summed E-state index contributed by atoms with van der Waals surface area (Å²) in [4.78, 5) is 0. The third-order valence-corrected chi connectivity index (χ3v) is 2.70. The van der Waals surface area contributed by atoms with E-state index < -0.39 is 0 Å². The molecule has 0 unspecified atom stereocenters. The Morgan fingerprint density at radius 3 is 2.44 bits per heavy atom. The van der Waals surface area contributed by atoms with Crippen LogP contribution in [-0.4, -0.2) is 13.7 Å².